The highest BCUT2D eigenvalue weighted by atomic mass is 16.5. The minimum Gasteiger partial charge on any atom is -0.462 e. The average Bonchev–Trinajstić information content (AvgIpc) is 2.59. The zero-order valence-electron chi connectivity index (χ0n) is 14.9. The first kappa shape index (κ1) is 18.5. The lowest BCUT2D eigenvalue weighted by Gasteiger charge is -2.11. The number of hydrogen-bond donors (Lipinski definition) is 2. The van der Waals surface area contributed by atoms with Crippen LogP contribution in [0, 0.1) is 13.8 Å². The first-order chi connectivity index (χ1) is 12.0. The molecule has 2 aromatic carbocycles. The van der Waals surface area contributed by atoms with E-state index in [-0.39, 0.29) is 11.9 Å². The van der Waals surface area contributed by atoms with Crippen molar-refractivity contribution in [2.24, 2.45) is 0 Å². The molecule has 0 aromatic heterocycles. The van der Waals surface area contributed by atoms with Gasteiger partial charge in [-0.25, -0.2) is 4.79 Å². The fraction of sp³-hybridized carbons (Fsp3) is 0.300. The van der Waals surface area contributed by atoms with Crippen LogP contribution in [-0.2, 0) is 9.53 Å². The van der Waals surface area contributed by atoms with Crippen molar-refractivity contribution in [2.45, 2.75) is 27.2 Å². The molecule has 0 bridgehead atoms. The molecular weight excluding hydrogens is 316 g/mol. The lowest BCUT2D eigenvalue weighted by Crippen LogP contribution is -2.17. The monoisotopic (exact) mass is 340 g/mol. The molecule has 0 aliphatic carbocycles. The first-order valence-electron chi connectivity index (χ1n) is 8.38. The summed E-state index contributed by atoms with van der Waals surface area (Å²) in [5.74, 6) is -0.449. The molecule has 0 saturated carbocycles. The quantitative estimate of drug-likeness (QED) is 0.750. The Morgan fingerprint density at radius 2 is 1.80 bits per heavy atom. The van der Waals surface area contributed by atoms with Crippen LogP contribution in [0.15, 0.2) is 42.5 Å². The number of rotatable bonds is 7. The molecule has 2 rings (SSSR count). The third kappa shape index (κ3) is 5.35. The predicted molar refractivity (Wildman–Crippen MR) is 100 cm³/mol. The third-order valence-electron chi connectivity index (χ3n) is 3.88. The molecule has 0 spiro atoms. The number of amides is 1. The van der Waals surface area contributed by atoms with Crippen molar-refractivity contribution in [1.82, 2.24) is 0 Å². The van der Waals surface area contributed by atoms with Crippen molar-refractivity contribution in [3.05, 3.63) is 59.2 Å². The van der Waals surface area contributed by atoms with Gasteiger partial charge in [0.2, 0.25) is 5.91 Å². The number of ether oxygens (including phenoxy) is 1. The van der Waals surface area contributed by atoms with Crippen LogP contribution in [0.5, 0.6) is 0 Å². The Morgan fingerprint density at radius 3 is 2.52 bits per heavy atom. The minimum absolute atomic E-state index is 0.0793. The van der Waals surface area contributed by atoms with Gasteiger partial charge in [-0.1, -0.05) is 18.2 Å². The Morgan fingerprint density at radius 1 is 1.04 bits per heavy atom. The van der Waals surface area contributed by atoms with E-state index in [1.54, 1.807) is 25.1 Å². The van der Waals surface area contributed by atoms with Gasteiger partial charge in [-0.15, -0.1) is 0 Å². The first-order valence-corrected chi connectivity index (χ1v) is 8.38. The molecule has 0 radical (unpaired) electrons. The molecule has 2 aromatic rings. The lowest BCUT2D eigenvalue weighted by atomic mass is 10.1. The van der Waals surface area contributed by atoms with Gasteiger partial charge in [0.1, 0.15) is 0 Å². The van der Waals surface area contributed by atoms with Crippen molar-refractivity contribution >= 4 is 23.3 Å². The van der Waals surface area contributed by atoms with Gasteiger partial charge in [-0.05, 0) is 56.2 Å². The fourth-order valence-electron chi connectivity index (χ4n) is 2.38. The van der Waals surface area contributed by atoms with Gasteiger partial charge < -0.3 is 15.4 Å². The number of carbonyl (C=O) groups excluding carboxylic acids is 2. The predicted octanol–water partition coefficient (Wildman–Crippen LogP) is 3.92. The van der Waals surface area contributed by atoms with Gasteiger partial charge in [-0.3, -0.25) is 4.79 Å². The van der Waals surface area contributed by atoms with Gasteiger partial charge >= 0.3 is 5.97 Å². The molecule has 0 unspecified atom stereocenters. The highest BCUT2D eigenvalue weighted by molar-refractivity contribution is 5.96. The Hall–Kier alpha value is -2.82. The number of carbonyl (C=O) groups is 2. The van der Waals surface area contributed by atoms with E-state index in [9.17, 15) is 9.59 Å². The second-order valence-electron chi connectivity index (χ2n) is 5.79. The van der Waals surface area contributed by atoms with Crippen molar-refractivity contribution in [2.75, 3.05) is 23.8 Å². The van der Waals surface area contributed by atoms with Gasteiger partial charge in [0.05, 0.1) is 12.2 Å². The molecule has 0 atom stereocenters. The third-order valence-corrected chi connectivity index (χ3v) is 3.88. The van der Waals surface area contributed by atoms with E-state index < -0.39 is 0 Å². The van der Waals surface area contributed by atoms with Crippen molar-refractivity contribution in [3.63, 3.8) is 0 Å². The largest absolute Gasteiger partial charge is 0.462 e. The van der Waals surface area contributed by atoms with Crippen LogP contribution in [0.2, 0.25) is 0 Å². The molecule has 0 heterocycles. The molecule has 1 amide bonds. The topological polar surface area (TPSA) is 67.4 Å². The highest BCUT2D eigenvalue weighted by Crippen LogP contribution is 2.17. The van der Waals surface area contributed by atoms with Crippen LogP contribution in [0.25, 0.3) is 0 Å². The summed E-state index contributed by atoms with van der Waals surface area (Å²) in [6.07, 6.45) is 0.296. The van der Waals surface area contributed by atoms with Crippen molar-refractivity contribution < 1.29 is 14.3 Å². The molecule has 132 valence electrons. The van der Waals surface area contributed by atoms with Crippen LogP contribution in [0.4, 0.5) is 11.4 Å². The number of nitrogens with one attached hydrogen (secondary N) is 2. The molecule has 2 N–H and O–H groups in total. The number of benzene rings is 2. The summed E-state index contributed by atoms with van der Waals surface area (Å²) >= 11 is 0. The summed E-state index contributed by atoms with van der Waals surface area (Å²) in [4.78, 5) is 24.0. The smallest absolute Gasteiger partial charge is 0.340 e. The molecule has 0 aliphatic rings. The summed E-state index contributed by atoms with van der Waals surface area (Å²) in [5.41, 5.74) is 4.26. The summed E-state index contributed by atoms with van der Waals surface area (Å²) < 4.78 is 5.04. The van der Waals surface area contributed by atoms with E-state index in [0.29, 0.717) is 30.8 Å². The second-order valence-corrected chi connectivity index (χ2v) is 5.79. The Kier molecular flexibility index (Phi) is 6.57. The average molecular weight is 340 g/mol. The molecule has 5 heteroatoms. The number of para-hydroxylation sites is 1. The van der Waals surface area contributed by atoms with Crippen molar-refractivity contribution in [3.8, 4) is 0 Å². The van der Waals surface area contributed by atoms with Crippen LogP contribution < -0.4 is 10.6 Å². The maximum absolute atomic E-state index is 12.1. The van der Waals surface area contributed by atoms with E-state index in [4.69, 9.17) is 4.74 Å². The van der Waals surface area contributed by atoms with Crippen molar-refractivity contribution in [1.29, 1.82) is 0 Å². The van der Waals surface area contributed by atoms with E-state index in [1.165, 1.54) is 5.56 Å². The van der Waals surface area contributed by atoms with Gasteiger partial charge in [-0.2, -0.15) is 0 Å². The Labute approximate surface area is 148 Å². The summed E-state index contributed by atoms with van der Waals surface area (Å²) in [7, 11) is 0. The summed E-state index contributed by atoms with van der Waals surface area (Å²) in [6.45, 7) is 6.56. The summed E-state index contributed by atoms with van der Waals surface area (Å²) in [6, 6.07) is 13.0. The lowest BCUT2D eigenvalue weighted by molar-refractivity contribution is -0.115. The number of esters is 1. The highest BCUT2D eigenvalue weighted by Gasteiger charge is 2.11. The number of anilines is 2. The molecule has 5 nitrogen and oxygen atoms in total. The maximum Gasteiger partial charge on any atom is 0.340 e. The second kappa shape index (κ2) is 8.87. The zero-order valence-corrected chi connectivity index (χ0v) is 14.9. The summed E-state index contributed by atoms with van der Waals surface area (Å²) in [5, 5.41) is 6.01. The van der Waals surface area contributed by atoms with Gasteiger partial charge in [0.15, 0.2) is 0 Å². The van der Waals surface area contributed by atoms with Gasteiger partial charge in [0.25, 0.3) is 0 Å². The van der Waals surface area contributed by atoms with E-state index in [2.05, 4.69) is 10.6 Å². The molecule has 25 heavy (non-hydrogen) atoms. The number of aryl methyl sites for hydroxylation is 2. The Bertz CT molecular complexity index is 756. The van der Waals surface area contributed by atoms with Gasteiger partial charge in [0, 0.05) is 24.3 Å². The van der Waals surface area contributed by atoms with Crippen LogP contribution in [-0.4, -0.2) is 25.0 Å². The molecular formula is C20H24N2O3. The van der Waals surface area contributed by atoms with E-state index in [1.807, 2.05) is 38.1 Å². The normalized spacial score (nSPS) is 10.2. The van der Waals surface area contributed by atoms with Crippen LogP contribution in [0.3, 0.4) is 0 Å². The van der Waals surface area contributed by atoms with Crippen LogP contribution >= 0.6 is 0 Å². The molecule has 0 fully saturated rings. The molecule has 0 saturated heterocycles. The SMILES string of the molecule is CCOC(=O)c1ccccc1NCCC(=O)Nc1ccc(C)c(C)c1. The van der Waals surface area contributed by atoms with E-state index in [0.717, 1.165) is 11.3 Å². The van der Waals surface area contributed by atoms with Crippen LogP contribution in [0.1, 0.15) is 34.8 Å². The number of hydrogen-bond acceptors (Lipinski definition) is 4. The fourth-order valence-corrected chi connectivity index (χ4v) is 2.38. The molecule has 0 aliphatic heterocycles. The van der Waals surface area contributed by atoms with E-state index >= 15 is 0 Å². The Balaban J connectivity index is 1.89. The standard InChI is InChI=1S/C20H24N2O3/c1-4-25-20(24)17-7-5-6-8-18(17)21-12-11-19(23)22-16-10-9-14(2)15(3)13-16/h5-10,13,21H,4,11-12H2,1-3H3,(H,22,23). The minimum atomic E-state index is -0.370. The zero-order chi connectivity index (χ0) is 18.2. The maximum atomic E-state index is 12.1.